The van der Waals surface area contributed by atoms with Crippen LogP contribution in [0.15, 0.2) is 48.5 Å². The molecular weight excluding hydrogens is 324 g/mol. The van der Waals surface area contributed by atoms with Crippen LogP contribution in [0.5, 0.6) is 5.75 Å². The molecule has 0 unspecified atom stereocenters. The van der Waals surface area contributed by atoms with Gasteiger partial charge in [0, 0.05) is 6.08 Å². The van der Waals surface area contributed by atoms with E-state index in [9.17, 15) is 9.90 Å². The summed E-state index contributed by atoms with van der Waals surface area (Å²) in [5.74, 6) is -0.0157. The van der Waals surface area contributed by atoms with Crippen LogP contribution in [0.3, 0.4) is 0 Å². The number of phenols is 1. The van der Waals surface area contributed by atoms with Gasteiger partial charge in [-0.3, -0.25) is 0 Å². The number of aromatic hydroxyl groups is 1. The molecule has 0 aromatic heterocycles. The van der Waals surface area contributed by atoms with E-state index >= 15 is 0 Å². The molecule has 0 heterocycles. The average Bonchev–Trinajstić information content (AvgIpc) is 2.61. The molecule has 2 N–H and O–H groups in total. The molecule has 3 heteroatoms. The van der Waals surface area contributed by atoms with Crippen molar-refractivity contribution in [2.45, 2.75) is 52.9 Å². The molecule has 0 aliphatic rings. The third-order valence-corrected chi connectivity index (χ3v) is 4.16. The van der Waals surface area contributed by atoms with E-state index in [0.29, 0.717) is 11.7 Å². The molecule has 26 heavy (non-hydrogen) atoms. The zero-order chi connectivity index (χ0) is 19.5. The van der Waals surface area contributed by atoms with Gasteiger partial charge in [0.15, 0.2) is 0 Å². The average molecular weight is 354 g/mol. The van der Waals surface area contributed by atoms with Crippen molar-refractivity contribution in [3.63, 3.8) is 0 Å². The lowest BCUT2D eigenvalue weighted by Crippen LogP contribution is -1.90. The topological polar surface area (TPSA) is 57.5 Å². The number of carboxylic acid groups (broad SMARTS) is 1. The summed E-state index contributed by atoms with van der Waals surface area (Å²) < 4.78 is 0. The molecule has 0 saturated heterocycles. The van der Waals surface area contributed by atoms with Crippen LogP contribution in [-0.2, 0) is 11.2 Å². The highest BCUT2D eigenvalue weighted by Crippen LogP contribution is 2.22. The van der Waals surface area contributed by atoms with Gasteiger partial charge >= 0.3 is 5.97 Å². The minimum absolute atomic E-state index is 0.399. The molecule has 0 aliphatic carbocycles. The van der Waals surface area contributed by atoms with Crippen LogP contribution in [0.4, 0.5) is 0 Å². The van der Waals surface area contributed by atoms with E-state index in [4.69, 9.17) is 5.11 Å². The molecule has 0 fully saturated rings. The van der Waals surface area contributed by atoms with Crippen LogP contribution in [0, 0.1) is 6.92 Å². The van der Waals surface area contributed by atoms with Gasteiger partial charge < -0.3 is 10.2 Å². The summed E-state index contributed by atoms with van der Waals surface area (Å²) >= 11 is 0. The first-order valence-corrected chi connectivity index (χ1v) is 9.13. The predicted molar refractivity (Wildman–Crippen MR) is 109 cm³/mol. The Morgan fingerprint density at radius 2 is 1.85 bits per heavy atom. The van der Waals surface area contributed by atoms with Gasteiger partial charge in [-0.15, -0.1) is 0 Å². The first-order chi connectivity index (χ1) is 12.3. The van der Waals surface area contributed by atoms with Crippen LogP contribution in [0.25, 0.3) is 6.08 Å². The monoisotopic (exact) mass is 354 g/mol. The van der Waals surface area contributed by atoms with Crippen molar-refractivity contribution in [1.82, 2.24) is 0 Å². The molecule has 140 valence electrons. The summed E-state index contributed by atoms with van der Waals surface area (Å²) in [7, 11) is 0. The fourth-order valence-corrected chi connectivity index (χ4v) is 2.44. The van der Waals surface area contributed by atoms with Gasteiger partial charge in [-0.1, -0.05) is 63.6 Å². The number of rotatable bonds is 6. The van der Waals surface area contributed by atoms with Gasteiger partial charge in [-0.25, -0.2) is 4.79 Å². The van der Waals surface area contributed by atoms with Crippen LogP contribution >= 0.6 is 0 Å². The summed E-state index contributed by atoms with van der Waals surface area (Å²) in [6.45, 7) is 8.28. The normalized spacial score (nSPS) is 10.7. The van der Waals surface area contributed by atoms with Crippen LogP contribution < -0.4 is 0 Å². The van der Waals surface area contributed by atoms with E-state index in [1.807, 2.05) is 37.3 Å². The van der Waals surface area contributed by atoms with Gasteiger partial charge in [0.25, 0.3) is 0 Å². The van der Waals surface area contributed by atoms with Crippen molar-refractivity contribution in [3.05, 3.63) is 70.8 Å². The zero-order valence-electron chi connectivity index (χ0n) is 16.2. The maximum atomic E-state index is 10.4. The van der Waals surface area contributed by atoms with Crippen LogP contribution in [-0.4, -0.2) is 16.2 Å². The van der Waals surface area contributed by atoms with Gasteiger partial charge in [0.05, 0.1) is 0 Å². The summed E-state index contributed by atoms with van der Waals surface area (Å²) in [5.41, 5.74) is 4.35. The molecule has 0 bridgehead atoms. The second kappa shape index (κ2) is 11.1. The number of hydrogen-bond acceptors (Lipinski definition) is 2. The summed E-state index contributed by atoms with van der Waals surface area (Å²) in [6.07, 6.45) is 6.14. The van der Waals surface area contributed by atoms with E-state index in [-0.39, 0.29) is 0 Å². The first kappa shape index (κ1) is 21.5. The number of hydrogen-bond donors (Lipinski definition) is 2. The minimum atomic E-state index is -0.903. The summed E-state index contributed by atoms with van der Waals surface area (Å²) in [5, 5.41) is 17.9. The number of carbonyl (C=O) groups is 1. The third-order valence-electron chi connectivity index (χ3n) is 4.16. The Kier molecular flexibility index (Phi) is 9.21. The maximum absolute atomic E-state index is 10.4. The molecule has 2 aromatic rings. The Morgan fingerprint density at radius 1 is 1.15 bits per heavy atom. The number of phenolic OH excluding ortho intramolecular Hbond substituents is 1. The molecule has 0 saturated carbocycles. The molecular formula is C23H30O3. The first-order valence-electron chi connectivity index (χ1n) is 9.13. The van der Waals surface area contributed by atoms with Crippen molar-refractivity contribution in [1.29, 1.82) is 0 Å². The fraction of sp³-hybridized carbons (Fsp3) is 0.348. The zero-order valence-corrected chi connectivity index (χ0v) is 16.2. The van der Waals surface area contributed by atoms with Crippen molar-refractivity contribution in [2.75, 3.05) is 0 Å². The van der Waals surface area contributed by atoms with Gasteiger partial charge in [0.2, 0.25) is 0 Å². The van der Waals surface area contributed by atoms with E-state index in [1.165, 1.54) is 17.2 Å². The fourth-order valence-electron chi connectivity index (χ4n) is 2.44. The number of unbranched alkanes of at least 4 members (excludes halogenated alkanes) is 1. The maximum Gasteiger partial charge on any atom is 0.328 e. The van der Waals surface area contributed by atoms with Crippen molar-refractivity contribution in [3.8, 4) is 5.75 Å². The minimum Gasteiger partial charge on any atom is -0.508 e. The lowest BCUT2D eigenvalue weighted by molar-refractivity contribution is -0.131. The second-order valence-electron chi connectivity index (χ2n) is 6.67. The Morgan fingerprint density at radius 3 is 2.42 bits per heavy atom. The third kappa shape index (κ3) is 7.56. The van der Waals surface area contributed by atoms with E-state index < -0.39 is 5.97 Å². The Hall–Kier alpha value is -2.55. The highest BCUT2D eigenvalue weighted by Gasteiger charge is 2.01. The molecule has 0 atom stereocenters. The standard InChI is InChI=1S/C13H16O2.C10H14O/c1-2-3-6-11-7-4-5-8-12(11)9-10-13(14)15;1-7(2)9-5-4-8(3)10(11)6-9/h4-5,7-10H,2-3,6H2,1H3,(H,14,15);4-7,11H,1-3H3/b10-9+;. The molecule has 0 amide bonds. The van der Waals surface area contributed by atoms with Crippen LogP contribution in [0.1, 0.15) is 61.8 Å². The van der Waals surface area contributed by atoms with Crippen LogP contribution in [0.2, 0.25) is 0 Å². The van der Waals surface area contributed by atoms with Crippen molar-refractivity contribution in [2.24, 2.45) is 0 Å². The van der Waals surface area contributed by atoms with E-state index in [2.05, 4.69) is 32.9 Å². The number of aliphatic carboxylic acids is 1. The van der Waals surface area contributed by atoms with E-state index in [1.54, 1.807) is 6.08 Å². The Balaban J connectivity index is 0.000000273. The van der Waals surface area contributed by atoms with Gasteiger partial charge in [0.1, 0.15) is 5.75 Å². The SMILES string of the molecule is CCCCc1ccccc1/C=C/C(=O)O.Cc1ccc(C(C)C)cc1O. The highest BCUT2D eigenvalue weighted by atomic mass is 16.4. The molecule has 2 aromatic carbocycles. The predicted octanol–water partition coefficient (Wildman–Crippen LogP) is 5.95. The van der Waals surface area contributed by atoms with Crippen molar-refractivity contribution < 1.29 is 15.0 Å². The smallest absolute Gasteiger partial charge is 0.328 e. The number of benzene rings is 2. The molecule has 0 spiro atoms. The molecule has 3 nitrogen and oxygen atoms in total. The summed E-state index contributed by atoms with van der Waals surface area (Å²) in [6, 6.07) is 13.8. The molecule has 0 aliphatic heterocycles. The number of carboxylic acids is 1. The molecule has 0 radical (unpaired) electrons. The second-order valence-corrected chi connectivity index (χ2v) is 6.67. The quantitative estimate of drug-likeness (QED) is 0.630. The lowest BCUT2D eigenvalue weighted by atomic mass is 10.0. The summed E-state index contributed by atoms with van der Waals surface area (Å²) in [4.78, 5) is 10.4. The molecule has 2 rings (SSSR count). The van der Waals surface area contributed by atoms with E-state index in [0.717, 1.165) is 30.4 Å². The Bertz CT molecular complexity index is 730. The van der Waals surface area contributed by atoms with Gasteiger partial charge in [-0.05, 0) is 60.1 Å². The largest absolute Gasteiger partial charge is 0.508 e. The highest BCUT2D eigenvalue weighted by molar-refractivity contribution is 5.85. The lowest BCUT2D eigenvalue weighted by Gasteiger charge is -2.06. The number of aryl methyl sites for hydroxylation is 2. The van der Waals surface area contributed by atoms with Gasteiger partial charge in [-0.2, -0.15) is 0 Å². The Labute approximate surface area is 157 Å². The van der Waals surface area contributed by atoms with Crippen molar-refractivity contribution >= 4 is 12.0 Å².